The zero-order valence-electron chi connectivity index (χ0n) is 19.1. The molecule has 0 unspecified atom stereocenters. The van der Waals surface area contributed by atoms with Gasteiger partial charge in [0.05, 0.1) is 11.7 Å². The lowest BCUT2D eigenvalue weighted by molar-refractivity contribution is -0.264. The van der Waals surface area contributed by atoms with Crippen molar-refractivity contribution in [3.8, 4) is 0 Å². The molecule has 0 saturated heterocycles. The van der Waals surface area contributed by atoms with Crippen LogP contribution in [0.1, 0.15) is 96.9 Å². The van der Waals surface area contributed by atoms with E-state index in [-0.39, 0.29) is 38.9 Å². The van der Waals surface area contributed by atoms with Gasteiger partial charge in [0.2, 0.25) is 0 Å². The van der Waals surface area contributed by atoms with Crippen LogP contribution in [0.25, 0.3) is 0 Å². The summed E-state index contributed by atoms with van der Waals surface area (Å²) in [5.74, 6) is 0. The van der Waals surface area contributed by atoms with Gasteiger partial charge < -0.3 is 10.1 Å². The molecule has 0 aromatic heterocycles. The Hall–Kier alpha value is -0.0800. The summed E-state index contributed by atoms with van der Waals surface area (Å²) in [6.45, 7) is 32.7. The SMILES string of the molecule is CC(C)(C)N[C@H]1C(C)(C)C(C)(C)[C@H](OC(C)(C)C)C(C)(C)C1(C)C. The van der Waals surface area contributed by atoms with Gasteiger partial charge in [-0.3, -0.25) is 0 Å². The van der Waals surface area contributed by atoms with Gasteiger partial charge in [0.1, 0.15) is 0 Å². The van der Waals surface area contributed by atoms with Crippen molar-refractivity contribution in [2.75, 3.05) is 0 Å². The van der Waals surface area contributed by atoms with E-state index in [4.69, 9.17) is 4.74 Å². The highest BCUT2D eigenvalue weighted by Crippen LogP contribution is 2.64. The van der Waals surface area contributed by atoms with Gasteiger partial charge in [-0.1, -0.05) is 55.4 Å². The number of hydrogen-bond donors (Lipinski definition) is 1. The van der Waals surface area contributed by atoms with Crippen molar-refractivity contribution in [3.63, 3.8) is 0 Å². The maximum atomic E-state index is 6.73. The first-order valence-electron chi connectivity index (χ1n) is 9.63. The zero-order chi connectivity index (χ0) is 19.6. The molecule has 0 atom stereocenters. The summed E-state index contributed by atoms with van der Waals surface area (Å²) in [7, 11) is 0. The first kappa shape index (κ1) is 22.0. The zero-order valence-corrected chi connectivity index (χ0v) is 19.1. The molecule has 1 N–H and O–H groups in total. The molecular weight excluding hydrogens is 294 g/mol. The Morgan fingerprint density at radius 2 is 0.958 bits per heavy atom. The van der Waals surface area contributed by atoms with Gasteiger partial charge >= 0.3 is 0 Å². The highest BCUT2D eigenvalue weighted by molar-refractivity contribution is 5.17. The minimum absolute atomic E-state index is 0.0439. The monoisotopic (exact) mass is 339 g/mol. The lowest BCUT2D eigenvalue weighted by Crippen LogP contribution is -2.74. The molecule has 0 aliphatic heterocycles. The second-order valence-electron chi connectivity index (χ2n) is 12.3. The van der Waals surface area contributed by atoms with Crippen molar-refractivity contribution in [3.05, 3.63) is 0 Å². The summed E-state index contributed by atoms with van der Waals surface area (Å²) < 4.78 is 6.73. The average Bonchev–Trinajstić information content (AvgIpc) is 2.28. The first-order valence-corrected chi connectivity index (χ1v) is 9.63. The van der Waals surface area contributed by atoms with Gasteiger partial charge in [-0.25, -0.2) is 0 Å². The van der Waals surface area contributed by atoms with Gasteiger partial charge in [-0.15, -0.1) is 0 Å². The van der Waals surface area contributed by atoms with E-state index in [1.165, 1.54) is 0 Å². The largest absolute Gasteiger partial charge is 0.371 e. The minimum atomic E-state index is -0.143. The van der Waals surface area contributed by atoms with Crippen molar-refractivity contribution in [2.24, 2.45) is 21.7 Å². The van der Waals surface area contributed by atoms with Crippen molar-refractivity contribution in [2.45, 2.75) is 120 Å². The Bertz CT molecular complexity index is 385. The van der Waals surface area contributed by atoms with Gasteiger partial charge in [0.25, 0.3) is 0 Å². The Balaban J connectivity index is 3.54. The molecule has 144 valence electrons. The normalized spacial score (nSPS) is 31.8. The summed E-state index contributed by atoms with van der Waals surface area (Å²) in [6, 6.07) is 0.398. The Kier molecular flexibility index (Phi) is 5.22. The molecule has 0 amide bonds. The molecule has 1 aliphatic rings. The standard InChI is InChI=1S/C22H45NO/c1-17(2,3)23-15-19(7,8)21(11,12)16(24-18(4,5)6)22(13,14)20(15,9)10/h15-16,23H,1-14H3/t15-,16-. The van der Waals surface area contributed by atoms with Crippen LogP contribution in [0, 0.1) is 21.7 Å². The van der Waals surface area contributed by atoms with Crippen LogP contribution >= 0.6 is 0 Å². The highest BCUT2D eigenvalue weighted by atomic mass is 16.5. The van der Waals surface area contributed by atoms with E-state index in [1.807, 2.05) is 0 Å². The van der Waals surface area contributed by atoms with Gasteiger partial charge in [-0.05, 0) is 63.2 Å². The third-order valence-corrected chi connectivity index (χ3v) is 7.12. The maximum Gasteiger partial charge on any atom is 0.0695 e. The molecule has 0 aromatic carbocycles. The van der Waals surface area contributed by atoms with Crippen molar-refractivity contribution in [1.29, 1.82) is 0 Å². The van der Waals surface area contributed by atoms with Crippen molar-refractivity contribution >= 4 is 0 Å². The molecule has 0 heterocycles. The molecule has 0 radical (unpaired) electrons. The van der Waals surface area contributed by atoms with Crippen LogP contribution in [-0.4, -0.2) is 23.3 Å². The molecule has 0 spiro atoms. The fraction of sp³-hybridized carbons (Fsp3) is 1.00. The van der Waals surface area contributed by atoms with E-state index in [9.17, 15) is 0 Å². The number of nitrogens with one attached hydrogen (secondary N) is 1. The van der Waals surface area contributed by atoms with Crippen LogP contribution in [0.5, 0.6) is 0 Å². The lowest BCUT2D eigenvalue weighted by Gasteiger charge is -2.69. The lowest BCUT2D eigenvalue weighted by atomic mass is 9.41. The summed E-state index contributed by atoms with van der Waals surface area (Å²) >= 11 is 0. The van der Waals surface area contributed by atoms with E-state index in [1.54, 1.807) is 0 Å². The van der Waals surface area contributed by atoms with Gasteiger partial charge in [0, 0.05) is 11.6 Å². The molecule has 1 fully saturated rings. The van der Waals surface area contributed by atoms with Crippen LogP contribution in [0.3, 0.4) is 0 Å². The van der Waals surface area contributed by atoms with Crippen LogP contribution in [0.2, 0.25) is 0 Å². The minimum Gasteiger partial charge on any atom is -0.371 e. The van der Waals surface area contributed by atoms with E-state index >= 15 is 0 Å². The molecule has 2 nitrogen and oxygen atoms in total. The highest BCUT2D eigenvalue weighted by Gasteiger charge is 2.66. The van der Waals surface area contributed by atoms with E-state index in [0.29, 0.717) is 6.04 Å². The molecule has 0 aromatic rings. The predicted octanol–water partition coefficient (Wildman–Crippen LogP) is 6.05. The van der Waals surface area contributed by atoms with E-state index in [2.05, 4.69) is 102 Å². The predicted molar refractivity (Wildman–Crippen MR) is 106 cm³/mol. The van der Waals surface area contributed by atoms with Crippen LogP contribution in [-0.2, 0) is 4.74 Å². The fourth-order valence-electron chi connectivity index (χ4n) is 4.67. The smallest absolute Gasteiger partial charge is 0.0695 e. The molecule has 1 rings (SSSR count). The van der Waals surface area contributed by atoms with Gasteiger partial charge in [-0.2, -0.15) is 0 Å². The molecule has 1 saturated carbocycles. The maximum absolute atomic E-state index is 6.73. The summed E-state index contributed by atoms with van der Waals surface area (Å²) in [6.07, 6.45) is 0.188. The van der Waals surface area contributed by atoms with Crippen molar-refractivity contribution in [1.82, 2.24) is 5.32 Å². The quantitative estimate of drug-likeness (QED) is 0.661. The van der Waals surface area contributed by atoms with E-state index in [0.717, 1.165) is 0 Å². The summed E-state index contributed by atoms with van der Waals surface area (Å²) in [4.78, 5) is 0. The Labute approximate surface area is 152 Å². The van der Waals surface area contributed by atoms with E-state index < -0.39 is 0 Å². The second-order valence-corrected chi connectivity index (χ2v) is 12.3. The van der Waals surface area contributed by atoms with Crippen LogP contribution < -0.4 is 5.32 Å². The fourth-order valence-corrected chi connectivity index (χ4v) is 4.67. The molecule has 1 aliphatic carbocycles. The topological polar surface area (TPSA) is 21.3 Å². The Morgan fingerprint density at radius 3 is 1.21 bits per heavy atom. The van der Waals surface area contributed by atoms with Gasteiger partial charge in [0.15, 0.2) is 0 Å². The average molecular weight is 340 g/mol. The molecule has 2 heteroatoms. The number of rotatable bonds is 2. The molecule has 24 heavy (non-hydrogen) atoms. The first-order chi connectivity index (χ1) is 10.2. The number of ether oxygens (including phenoxy) is 1. The van der Waals surface area contributed by atoms with Crippen LogP contribution in [0.15, 0.2) is 0 Å². The third-order valence-electron chi connectivity index (χ3n) is 7.12. The number of hydrogen-bond acceptors (Lipinski definition) is 2. The molecular formula is C22H45NO. The third kappa shape index (κ3) is 3.56. The Morgan fingerprint density at radius 1 is 0.625 bits per heavy atom. The summed E-state index contributed by atoms with van der Waals surface area (Å²) in [5.41, 5.74) is 0.216. The molecule has 0 bridgehead atoms. The summed E-state index contributed by atoms with van der Waals surface area (Å²) in [5, 5.41) is 3.98. The van der Waals surface area contributed by atoms with Crippen LogP contribution in [0.4, 0.5) is 0 Å². The second kappa shape index (κ2) is 5.71. The van der Waals surface area contributed by atoms with Crippen molar-refractivity contribution < 1.29 is 4.74 Å².